The maximum atomic E-state index is 13.8. The summed E-state index contributed by atoms with van der Waals surface area (Å²) in [6.07, 6.45) is 5.37. The smallest absolute Gasteiger partial charge is 0.310 e. The summed E-state index contributed by atoms with van der Waals surface area (Å²) in [6.45, 7) is 14.3. The summed E-state index contributed by atoms with van der Waals surface area (Å²) in [4.78, 5) is 26.9. The Bertz CT molecular complexity index is 1070. The van der Waals surface area contributed by atoms with E-state index in [1.54, 1.807) is 6.08 Å². The van der Waals surface area contributed by atoms with E-state index in [-0.39, 0.29) is 23.8 Å². The van der Waals surface area contributed by atoms with E-state index in [2.05, 4.69) is 56.4 Å². The average molecular weight is 560 g/mol. The highest BCUT2D eigenvalue weighted by Gasteiger charge is 2.38. The monoisotopic (exact) mass is 558 g/mol. The number of hydrogen-bond acceptors (Lipinski definition) is 5. The van der Waals surface area contributed by atoms with Crippen molar-refractivity contribution in [2.45, 2.75) is 84.9 Å². The Balaban J connectivity index is 1.89. The van der Waals surface area contributed by atoms with Crippen molar-refractivity contribution >= 4 is 27.8 Å². The molecular formula is C28H39BrN4O3. The first kappa shape index (κ1) is 28.1. The molecule has 36 heavy (non-hydrogen) atoms. The first-order valence-corrected chi connectivity index (χ1v) is 13.6. The number of allylic oxidation sites excluding steroid dienone is 1. The van der Waals surface area contributed by atoms with Crippen LogP contribution in [-0.4, -0.2) is 32.2 Å². The Labute approximate surface area is 223 Å². The second kappa shape index (κ2) is 12.2. The number of benzene rings is 1. The van der Waals surface area contributed by atoms with Gasteiger partial charge in [-0.2, -0.15) is 0 Å². The zero-order valence-electron chi connectivity index (χ0n) is 22.1. The summed E-state index contributed by atoms with van der Waals surface area (Å²) in [5.41, 5.74) is 0.347. The van der Waals surface area contributed by atoms with Crippen LogP contribution in [0.1, 0.15) is 78.6 Å². The van der Waals surface area contributed by atoms with Crippen molar-refractivity contribution in [1.82, 2.24) is 20.1 Å². The third-order valence-corrected chi connectivity index (χ3v) is 6.79. The lowest BCUT2D eigenvalue weighted by Gasteiger charge is -2.30. The van der Waals surface area contributed by atoms with Gasteiger partial charge in [0.25, 0.3) is 0 Å². The summed E-state index contributed by atoms with van der Waals surface area (Å²) in [5, 5.41) is 12.2. The zero-order chi connectivity index (χ0) is 26.5. The van der Waals surface area contributed by atoms with Crippen molar-refractivity contribution < 1.29 is 14.3 Å². The van der Waals surface area contributed by atoms with Gasteiger partial charge in [-0.3, -0.25) is 9.59 Å². The van der Waals surface area contributed by atoms with Gasteiger partial charge in [-0.05, 0) is 70.9 Å². The van der Waals surface area contributed by atoms with Crippen LogP contribution in [0.2, 0.25) is 0 Å². The highest BCUT2D eigenvalue weighted by Crippen LogP contribution is 2.32. The molecule has 3 atom stereocenters. The van der Waals surface area contributed by atoms with Crippen molar-refractivity contribution in [2.24, 2.45) is 17.8 Å². The first-order chi connectivity index (χ1) is 17.0. The predicted molar refractivity (Wildman–Crippen MR) is 145 cm³/mol. The van der Waals surface area contributed by atoms with Crippen LogP contribution in [0.25, 0.3) is 11.4 Å². The minimum absolute atomic E-state index is 0.146. The topological polar surface area (TPSA) is 86.1 Å². The number of nitrogens with one attached hydrogen (secondary N) is 1. The van der Waals surface area contributed by atoms with Gasteiger partial charge in [0.2, 0.25) is 5.91 Å². The predicted octanol–water partition coefficient (Wildman–Crippen LogP) is 6.25. The second-order valence-corrected chi connectivity index (χ2v) is 11.9. The maximum absolute atomic E-state index is 13.8. The molecule has 0 spiro atoms. The molecule has 0 bridgehead atoms. The van der Waals surface area contributed by atoms with Crippen LogP contribution < -0.4 is 5.32 Å². The van der Waals surface area contributed by atoms with E-state index >= 15 is 0 Å². The Kier molecular flexibility index (Phi) is 9.50. The number of halogens is 1. The molecule has 0 radical (unpaired) electrons. The van der Waals surface area contributed by atoms with Crippen molar-refractivity contribution in [3.8, 4) is 11.4 Å². The van der Waals surface area contributed by atoms with Crippen molar-refractivity contribution in [1.29, 1.82) is 0 Å². The van der Waals surface area contributed by atoms with Crippen LogP contribution in [0.15, 0.2) is 41.4 Å². The third-order valence-electron chi connectivity index (χ3n) is 6.29. The van der Waals surface area contributed by atoms with E-state index in [1.165, 1.54) is 0 Å². The molecule has 1 N–H and O–H groups in total. The molecule has 1 amide bonds. The highest BCUT2D eigenvalue weighted by molar-refractivity contribution is 9.10. The SMILES string of the molecule is C=CCC(C(=O)OC(C)(C)C)C(CC(C)C)C(=O)NC1CCCCn2c(-c3cccc(Br)c3)nnc21. The van der Waals surface area contributed by atoms with Crippen LogP contribution in [0.5, 0.6) is 0 Å². The lowest BCUT2D eigenvalue weighted by Crippen LogP contribution is -2.42. The van der Waals surface area contributed by atoms with Gasteiger partial charge in [0.05, 0.1) is 17.9 Å². The Hall–Kier alpha value is -2.48. The quantitative estimate of drug-likeness (QED) is 0.290. The number of ether oxygens (including phenoxy) is 1. The van der Waals surface area contributed by atoms with Gasteiger partial charge in [-0.15, -0.1) is 16.8 Å². The number of esters is 1. The minimum Gasteiger partial charge on any atom is -0.460 e. The standard InChI is InChI=1S/C28H39BrN4O3/c1-7-11-21(27(35)36-28(4,5)6)22(16-18(2)3)26(34)30-23-14-8-9-15-33-24(31-32-25(23)33)19-12-10-13-20(29)17-19/h7,10,12-13,17-18,21-23H,1,8-9,11,14-16H2,2-6H3,(H,30,34). The molecule has 0 fully saturated rings. The van der Waals surface area contributed by atoms with E-state index in [1.807, 2.05) is 45.0 Å². The van der Waals surface area contributed by atoms with E-state index in [9.17, 15) is 9.59 Å². The minimum atomic E-state index is -0.629. The molecule has 2 aromatic rings. The van der Waals surface area contributed by atoms with Crippen LogP contribution >= 0.6 is 15.9 Å². The number of aromatic nitrogens is 3. The molecule has 1 aliphatic heterocycles. The molecule has 196 valence electrons. The molecule has 0 saturated heterocycles. The normalized spacial score (nSPS) is 17.6. The molecule has 7 nitrogen and oxygen atoms in total. The number of nitrogens with zero attached hydrogens (tertiary/aromatic N) is 3. The largest absolute Gasteiger partial charge is 0.460 e. The summed E-state index contributed by atoms with van der Waals surface area (Å²) in [5.74, 6) is 0.167. The molecule has 1 aromatic heterocycles. The fourth-order valence-corrected chi connectivity index (χ4v) is 5.14. The molecule has 2 heterocycles. The van der Waals surface area contributed by atoms with E-state index in [0.29, 0.717) is 12.8 Å². The maximum Gasteiger partial charge on any atom is 0.310 e. The number of rotatable bonds is 9. The number of carbonyl (C=O) groups is 2. The molecule has 8 heteroatoms. The van der Waals surface area contributed by atoms with Crippen molar-refractivity contribution in [3.05, 3.63) is 47.2 Å². The molecule has 0 aliphatic carbocycles. The molecule has 0 saturated carbocycles. The van der Waals surface area contributed by atoms with Crippen molar-refractivity contribution in [3.63, 3.8) is 0 Å². The molecule has 3 rings (SSSR count). The lowest BCUT2D eigenvalue weighted by molar-refractivity contribution is -0.164. The summed E-state index contributed by atoms with van der Waals surface area (Å²) < 4.78 is 8.79. The number of carbonyl (C=O) groups excluding carboxylic acids is 2. The zero-order valence-corrected chi connectivity index (χ0v) is 23.7. The van der Waals surface area contributed by atoms with Crippen molar-refractivity contribution in [2.75, 3.05) is 0 Å². The van der Waals surface area contributed by atoms with Gasteiger partial charge in [0.15, 0.2) is 11.6 Å². The average Bonchev–Trinajstić information content (AvgIpc) is 3.10. The van der Waals surface area contributed by atoms with Gasteiger partial charge in [-0.1, -0.05) is 48.0 Å². The first-order valence-electron chi connectivity index (χ1n) is 12.8. The third kappa shape index (κ3) is 7.28. The van der Waals surface area contributed by atoms with E-state index < -0.39 is 17.4 Å². The van der Waals surface area contributed by atoms with Gasteiger partial charge < -0.3 is 14.6 Å². The molecule has 3 unspecified atom stereocenters. The molecule has 1 aliphatic rings. The Morgan fingerprint density at radius 1 is 1.25 bits per heavy atom. The lowest BCUT2D eigenvalue weighted by atomic mass is 9.82. The van der Waals surface area contributed by atoms with Crippen LogP contribution in [0, 0.1) is 17.8 Å². The Morgan fingerprint density at radius 3 is 2.64 bits per heavy atom. The fourth-order valence-electron chi connectivity index (χ4n) is 4.74. The van der Waals surface area contributed by atoms with Gasteiger partial charge >= 0.3 is 5.97 Å². The van der Waals surface area contributed by atoms with Gasteiger partial charge in [0, 0.05) is 16.6 Å². The van der Waals surface area contributed by atoms with Crippen LogP contribution in [0.4, 0.5) is 0 Å². The van der Waals surface area contributed by atoms with E-state index in [0.717, 1.165) is 47.5 Å². The second-order valence-electron chi connectivity index (χ2n) is 11.0. The summed E-state index contributed by atoms with van der Waals surface area (Å²) in [6, 6.07) is 7.72. The summed E-state index contributed by atoms with van der Waals surface area (Å²) in [7, 11) is 0. The van der Waals surface area contributed by atoms with Gasteiger partial charge in [-0.25, -0.2) is 0 Å². The number of hydrogen-bond donors (Lipinski definition) is 1. The molecule has 1 aromatic carbocycles. The highest BCUT2D eigenvalue weighted by atomic mass is 79.9. The Morgan fingerprint density at radius 2 is 2.00 bits per heavy atom. The number of fused-ring (bicyclic) bond motifs is 1. The fraction of sp³-hybridized carbons (Fsp3) is 0.571. The van der Waals surface area contributed by atoms with Gasteiger partial charge in [0.1, 0.15) is 5.60 Å². The van der Waals surface area contributed by atoms with Crippen LogP contribution in [-0.2, 0) is 20.9 Å². The number of amides is 1. The molecular weight excluding hydrogens is 520 g/mol. The van der Waals surface area contributed by atoms with E-state index in [4.69, 9.17) is 4.74 Å². The summed E-state index contributed by atoms with van der Waals surface area (Å²) >= 11 is 3.54. The van der Waals surface area contributed by atoms with Crippen LogP contribution in [0.3, 0.4) is 0 Å².